The van der Waals surface area contributed by atoms with E-state index in [-0.39, 0.29) is 0 Å². The SMILES string of the molecule is CN1c2ccc(Br)cc2NCC2COCC21. The van der Waals surface area contributed by atoms with E-state index in [0.717, 1.165) is 24.2 Å². The molecule has 16 heavy (non-hydrogen) atoms. The molecule has 0 saturated carbocycles. The summed E-state index contributed by atoms with van der Waals surface area (Å²) in [5.74, 6) is 0.594. The van der Waals surface area contributed by atoms with Gasteiger partial charge in [0.05, 0.1) is 30.6 Å². The van der Waals surface area contributed by atoms with Gasteiger partial charge >= 0.3 is 0 Å². The van der Waals surface area contributed by atoms with Crippen LogP contribution in [0.25, 0.3) is 0 Å². The zero-order chi connectivity index (χ0) is 11.1. The summed E-state index contributed by atoms with van der Waals surface area (Å²) in [6.07, 6.45) is 0. The lowest BCUT2D eigenvalue weighted by Crippen LogP contribution is -2.37. The third-order valence-corrected chi connectivity index (χ3v) is 4.05. The van der Waals surface area contributed by atoms with Gasteiger partial charge in [0.15, 0.2) is 0 Å². The van der Waals surface area contributed by atoms with E-state index < -0.39 is 0 Å². The Kier molecular flexibility index (Phi) is 2.56. The van der Waals surface area contributed by atoms with Crippen LogP contribution in [0.3, 0.4) is 0 Å². The summed E-state index contributed by atoms with van der Waals surface area (Å²) >= 11 is 3.51. The van der Waals surface area contributed by atoms with E-state index in [2.05, 4.69) is 51.4 Å². The van der Waals surface area contributed by atoms with Gasteiger partial charge < -0.3 is 15.0 Å². The Bertz CT molecular complexity index is 410. The molecule has 0 aromatic heterocycles. The number of halogens is 1. The molecule has 86 valence electrons. The summed E-state index contributed by atoms with van der Waals surface area (Å²) in [5.41, 5.74) is 2.48. The van der Waals surface area contributed by atoms with E-state index in [9.17, 15) is 0 Å². The largest absolute Gasteiger partial charge is 0.383 e. The monoisotopic (exact) mass is 282 g/mol. The number of benzene rings is 1. The lowest BCUT2D eigenvalue weighted by atomic mass is 10.0. The first kappa shape index (κ1) is 10.4. The number of anilines is 2. The van der Waals surface area contributed by atoms with Gasteiger partial charge in [0.25, 0.3) is 0 Å². The Morgan fingerprint density at radius 2 is 2.31 bits per heavy atom. The van der Waals surface area contributed by atoms with E-state index in [1.807, 2.05) is 0 Å². The van der Waals surface area contributed by atoms with Crippen LogP contribution >= 0.6 is 15.9 Å². The average Bonchev–Trinajstić information content (AvgIpc) is 2.69. The highest BCUT2D eigenvalue weighted by atomic mass is 79.9. The minimum atomic E-state index is 0.509. The average molecular weight is 283 g/mol. The van der Waals surface area contributed by atoms with Crippen molar-refractivity contribution in [1.82, 2.24) is 0 Å². The zero-order valence-electron chi connectivity index (χ0n) is 9.24. The van der Waals surface area contributed by atoms with Crippen molar-refractivity contribution < 1.29 is 4.74 Å². The van der Waals surface area contributed by atoms with Crippen molar-refractivity contribution in [2.24, 2.45) is 5.92 Å². The van der Waals surface area contributed by atoms with Crippen molar-refractivity contribution in [3.8, 4) is 0 Å². The van der Waals surface area contributed by atoms with Gasteiger partial charge in [-0.25, -0.2) is 0 Å². The fourth-order valence-corrected chi connectivity index (χ4v) is 2.95. The lowest BCUT2D eigenvalue weighted by molar-refractivity contribution is 0.185. The topological polar surface area (TPSA) is 24.5 Å². The molecule has 3 nitrogen and oxygen atoms in total. The van der Waals surface area contributed by atoms with E-state index >= 15 is 0 Å². The molecule has 4 heteroatoms. The van der Waals surface area contributed by atoms with Crippen molar-refractivity contribution in [3.05, 3.63) is 22.7 Å². The highest BCUT2D eigenvalue weighted by molar-refractivity contribution is 9.10. The molecule has 0 radical (unpaired) electrons. The number of nitrogens with zero attached hydrogens (tertiary/aromatic N) is 1. The number of nitrogens with one attached hydrogen (secondary N) is 1. The smallest absolute Gasteiger partial charge is 0.0674 e. The number of fused-ring (bicyclic) bond motifs is 2. The summed E-state index contributed by atoms with van der Waals surface area (Å²) in [4.78, 5) is 2.35. The molecule has 0 bridgehead atoms. The number of hydrogen-bond donors (Lipinski definition) is 1. The molecule has 0 spiro atoms. The number of ether oxygens (including phenoxy) is 1. The minimum Gasteiger partial charge on any atom is -0.383 e. The fourth-order valence-electron chi connectivity index (χ4n) is 2.59. The molecule has 1 N–H and O–H groups in total. The third kappa shape index (κ3) is 1.60. The molecule has 2 heterocycles. The van der Waals surface area contributed by atoms with Gasteiger partial charge in [0.1, 0.15) is 0 Å². The highest BCUT2D eigenvalue weighted by Crippen LogP contribution is 2.35. The summed E-state index contributed by atoms with van der Waals surface area (Å²) in [6.45, 7) is 2.72. The van der Waals surface area contributed by atoms with E-state index in [1.165, 1.54) is 11.4 Å². The first-order chi connectivity index (χ1) is 7.75. The molecule has 0 amide bonds. The summed E-state index contributed by atoms with van der Waals surface area (Å²) < 4.78 is 6.69. The normalized spacial score (nSPS) is 28.0. The molecule has 1 saturated heterocycles. The molecule has 3 rings (SSSR count). The van der Waals surface area contributed by atoms with Crippen LogP contribution in [0.15, 0.2) is 22.7 Å². The van der Waals surface area contributed by atoms with E-state index in [0.29, 0.717) is 12.0 Å². The molecular weight excluding hydrogens is 268 g/mol. The Labute approximate surface area is 104 Å². The fraction of sp³-hybridized carbons (Fsp3) is 0.500. The van der Waals surface area contributed by atoms with Crippen LogP contribution in [0, 0.1) is 5.92 Å². The Morgan fingerprint density at radius 1 is 1.44 bits per heavy atom. The van der Waals surface area contributed by atoms with Crippen molar-refractivity contribution in [1.29, 1.82) is 0 Å². The van der Waals surface area contributed by atoms with Crippen LogP contribution in [-0.4, -0.2) is 32.8 Å². The van der Waals surface area contributed by atoms with Crippen LogP contribution in [0.2, 0.25) is 0 Å². The van der Waals surface area contributed by atoms with Crippen molar-refractivity contribution in [3.63, 3.8) is 0 Å². The maximum atomic E-state index is 5.57. The van der Waals surface area contributed by atoms with Gasteiger partial charge in [-0.15, -0.1) is 0 Å². The Hall–Kier alpha value is -0.740. The van der Waals surface area contributed by atoms with Gasteiger partial charge in [0.2, 0.25) is 0 Å². The molecule has 2 unspecified atom stereocenters. The summed E-state index contributed by atoms with van der Waals surface area (Å²) in [5, 5.41) is 3.52. The second-order valence-corrected chi connectivity index (χ2v) is 5.43. The van der Waals surface area contributed by atoms with Gasteiger partial charge in [-0.1, -0.05) is 15.9 Å². The second-order valence-electron chi connectivity index (χ2n) is 4.52. The molecular formula is C12H15BrN2O. The number of hydrogen-bond acceptors (Lipinski definition) is 3. The maximum Gasteiger partial charge on any atom is 0.0674 e. The standard InChI is InChI=1S/C12H15BrN2O/c1-15-11-3-2-9(13)4-10(11)14-5-8-6-16-7-12(8)15/h2-4,8,12,14H,5-7H2,1H3. The molecule has 2 aliphatic heterocycles. The predicted octanol–water partition coefficient (Wildman–Crippen LogP) is 2.33. The van der Waals surface area contributed by atoms with Gasteiger partial charge in [0, 0.05) is 24.0 Å². The van der Waals surface area contributed by atoms with Crippen LogP contribution in [-0.2, 0) is 4.74 Å². The first-order valence-corrected chi connectivity index (χ1v) is 6.39. The van der Waals surface area contributed by atoms with Gasteiger partial charge in [-0.3, -0.25) is 0 Å². The maximum absolute atomic E-state index is 5.57. The highest BCUT2D eigenvalue weighted by Gasteiger charge is 2.34. The van der Waals surface area contributed by atoms with Crippen molar-refractivity contribution in [2.75, 3.05) is 37.0 Å². The summed E-state index contributed by atoms with van der Waals surface area (Å²) in [7, 11) is 2.16. The predicted molar refractivity (Wildman–Crippen MR) is 69.1 cm³/mol. The van der Waals surface area contributed by atoms with Crippen LogP contribution in [0.5, 0.6) is 0 Å². The molecule has 0 aliphatic carbocycles. The number of rotatable bonds is 0. The summed E-state index contributed by atoms with van der Waals surface area (Å²) in [6, 6.07) is 6.91. The Morgan fingerprint density at radius 3 is 3.19 bits per heavy atom. The molecule has 1 fully saturated rings. The van der Waals surface area contributed by atoms with Crippen molar-refractivity contribution >= 4 is 27.3 Å². The molecule has 2 aliphatic rings. The lowest BCUT2D eigenvalue weighted by Gasteiger charge is -2.27. The first-order valence-electron chi connectivity index (χ1n) is 5.60. The third-order valence-electron chi connectivity index (χ3n) is 3.56. The van der Waals surface area contributed by atoms with Crippen LogP contribution in [0.1, 0.15) is 0 Å². The number of likely N-dealkylation sites (N-methyl/N-ethyl adjacent to an activating group) is 1. The van der Waals surface area contributed by atoms with Crippen LogP contribution < -0.4 is 10.2 Å². The quantitative estimate of drug-likeness (QED) is 0.791. The molecule has 1 aromatic carbocycles. The van der Waals surface area contributed by atoms with Gasteiger partial charge in [-0.2, -0.15) is 0 Å². The van der Waals surface area contributed by atoms with Crippen LogP contribution in [0.4, 0.5) is 11.4 Å². The zero-order valence-corrected chi connectivity index (χ0v) is 10.8. The molecule has 1 aromatic rings. The minimum absolute atomic E-state index is 0.509. The van der Waals surface area contributed by atoms with E-state index in [1.54, 1.807) is 0 Å². The van der Waals surface area contributed by atoms with Crippen molar-refractivity contribution in [2.45, 2.75) is 6.04 Å². The second kappa shape index (κ2) is 3.93. The van der Waals surface area contributed by atoms with E-state index in [4.69, 9.17) is 4.74 Å². The molecule has 2 atom stereocenters. The Balaban J connectivity index is 2.01. The van der Waals surface area contributed by atoms with Gasteiger partial charge in [-0.05, 0) is 18.2 Å².